The number of fused-ring (bicyclic) bond motifs is 1. The van der Waals surface area contributed by atoms with Gasteiger partial charge in [-0.2, -0.15) is 0 Å². The molecular weight excluding hydrogens is 275 g/mol. The molecule has 1 heterocycles. The fourth-order valence-corrected chi connectivity index (χ4v) is 2.31. The molecule has 1 N–H and O–H groups in total. The third-order valence-corrected chi connectivity index (χ3v) is 3.42. The Morgan fingerprint density at radius 1 is 1.29 bits per heavy atom. The van der Waals surface area contributed by atoms with Crippen molar-refractivity contribution in [3.05, 3.63) is 29.7 Å². The fourth-order valence-electron chi connectivity index (χ4n) is 2.31. The van der Waals surface area contributed by atoms with E-state index >= 15 is 0 Å². The van der Waals surface area contributed by atoms with Crippen LogP contribution in [-0.2, 0) is 4.79 Å². The number of carbonyl (C=O) groups excluding carboxylic acids is 2. The van der Waals surface area contributed by atoms with Gasteiger partial charge in [-0.15, -0.1) is 0 Å². The fraction of sp³-hybridized carbons (Fsp3) is 0.333. The molecular formula is C15H17FN2O3. The maximum absolute atomic E-state index is 13.4. The standard InChI is InChI=1S/C15H17FN2O3/c1-4-18(5-2)15(20)14(19)10-8-17-11-6-9(16)7-12(21-3)13(10)11/h6-8,17H,4-5H2,1-3H3. The average Bonchev–Trinajstić information content (AvgIpc) is 2.90. The molecule has 0 aliphatic carbocycles. The summed E-state index contributed by atoms with van der Waals surface area (Å²) in [7, 11) is 1.39. The van der Waals surface area contributed by atoms with Crippen molar-refractivity contribution in [2.45, 2.75) is 13.8 Å². The van der Waals surface area contributed by atoms with E-state index in [4.69, 9.17) is 4.74 Å². The number of carbonyl (C=O) groups is 2. The molecule has 0 saturated carbocycles. The smallest absolute Gasteiger partial charge is 0.295 e. The van der Waals surface area contributed by atoms with Crippen LogP contribution in [0.25, 0.3) is 10.9 Å². The minimum Gasteiger partial charge on any atom is -0.496 e. The zero-order chi connectivity index (χ0) is 15.6. The van der Waals surface area contributed by atoms with Gasteiger partial charge in [-0.3, -0.25) is 9.59 Å². The molecule has 5 nitrogen and oxygen atoms in total. The second-order valence-corrected chi connectivity index (χ2v) is 4.54. The third-order valence-electron chi connectivity index (χ3n) is 3.42. The molecule has 0 spiro atoms. The van der Waals surface area contributed by atoms with E-state index in [1.807, 2.05) is 0 Å². The first-order valence-electron chi connectivity index (χ1n) is 6.71. The quantitative estimate of drug-likeness (QED) is 0.680. The van der Waals surface area contributed by atoms with Crippen molar-refractivity contribution >= 4 is 22.6 Å². The molecule has 0 fully saturated rings. The van der Waals surface area contributed by atoms with Crippen LogP contribution in [0.5, 0.6) is 5.75 Å². The lowest BCUT2D eigenvalue weighted by Crippen LogP contribution is -2.36. The molecule has 0 radical (unpaired) electrons. The zero-order valence-electron chi connectivity index (χ0n) is 12.2. The van der Waals surface area contributed by atoms with Gasteiger partial charge in [0.1, 0.15) is 11.6 Å². The largest absolute Gasteiger partial charge is 0.496 e. The summed E-state index contributed by atoms with van der Waals surface area (Å²) in [5.41, 5.74) is 0.612. The van der Waals surface area contributed by atoms with Gasteiger partial charge in [-0.25, -0.2) is 4.39 Å². The number of halogens is 1. The summed E-state index contributed by atoms with van der Waals surface area (Å²) in [6.07, 6.45) is 1.41. The van der Waals surface area contributed by atoms with E-state index in [1.54, 1.807) is 13.8 Å². The lowest BCUT2D eigenvalue weighted by Gasteiger charge is -2.17. The average molecular weight is 292 g/mol. The lowest BCUT2D eigenvalue weighted by atomic mass is 10.1. The molecule has 0 unspecified atom stereocenters. The predicted octanol–water partition coefficient (Wildman–Crippen LogP) is 2.37. The summed E-state index contributed by atoms with van der Waals surface area (Å²) in [6.45, 7) is 4.52. The number of hydrogen-bond acceptors (Lipinski definition) is 3. The van der Waals surface area contributed by atoms with Gasteiger partial charge in [-0.05, 0) is 19.9 Å². The highest BCUT2D eigenvalue weighted by Gasteiger charge is 2.25. The second kappa shape index (κ2) is 5.95. The van der Waals surface area contributed by atoms with E-state index < -0.39 is 17.5 Å². The molecule has 1 aromatic carbocycles. The number of nitrogens with one attached hydrogen (secondary N) is 1. The van der Waals surface area contributed by atoms with Crippen LogP contribution in [0.4, 0.5) is 4.39 Å². The summed E-state index contributed by atoms with van der Waals surface area (Å²) in [4.78, 5) is 28.8. The molecule has 2 aromatic rings. The van der Waals surface area contributed by atoms with E-state index in [0.29, 0.717) is 24.0 Å². The number of ether oxygens (including phenoxy) is 1. The number of likely N-dealkylation sites (N-methyl/N-ethyl adjacent to an activating group) is 1. The first kappa shape index (κ1) is 15.0. The molecule has 0 atom stereocenters. The normalized spacial score (nSPS) is 10.7. The number of Topliss-reactive ketones (excluding diaryl/α,β-unsaturated/α-hetero) is 1. The maximum atomic E-state index is 13.4. The molecule has 21 heavy (non-hydrogen) atoms. The van der Waals surface area contributed by atoms with Gasteiger partial charge in [0.2, 0.25) is 0 Å². The van der Waals surface area contributed by atoms with Crippen LogP contribution < -0.4 is 4.74 Å². The summed E-state index contributed by atoms with van der Waals surface area (Å²) in [5.74, 6) is -1.46. The number of amides is 1. The van der Waals surface area contributed by atoms with E-state index in [1.165, 1.54) is 30.3 Å². The minimum absolute atomic E-state index is 0.193. The number of aromatic nitrogens is 1. The van der Waals surface area contributed by atoms with Gasteiger partial charge < -0.3 is 14.6 Å². The molecule has 0 bridgehead atoms. The number of nitrogens with zero attached hydrogens (tertiary/aromatic N) is 1. The molecule has 0 aliphatic rings. The van der Waals surface area contributed by atoms with Gasteiger partial charge in [0.25, 0.3) is 11.7 Å². The van der Waals surface area contributed by atoms with E-state index in [-0.39, 0.29) is 11.3 Å². The minimum atomic E-state index is -0.630. The Hall–Kier alpha value is -2.37. The van der Waals surface area contributed by atoms with Gasteiger partial charge in [-0.1, -0.05) is 0 Å². The second-order valence-electron chi connectivity index (χ2n) is 4.54. The Kier molecular flexibility index (Phi) is 4.26. The van der Waals surface area contributed by atoms with E-state index in [9.17, 15) is 14.0 Å². The Bertz CT molecular complexity index is 690. The van der Waals surface area contributed by atoms with Crippen LogP contribution in [0.15, 0.2) is 18.3 Å². The highest BCUT2D eigenvalue weighted by Crippen LogP contribution is 2.30. The predicted molar refractivity (Wildman–Crippen MR) is 77.1 cm³/mol. The van der Waals surface area contributed by atoms with E-state index in [0.717, 1.165) is 0 Å². The van der Waals surface area contributed by atoms with Crippen molar-refractivity contribution in [2.24, 2.45) is 0 Å². The summed E-state index contributed by atoms with van der Waals surface area (Å²) in [5, 5.41) is 0.421. The summed E-state index contributed by atoms with van der Waals surface area (Å²) >= 11 is 0. The number of benzene rings is 1. The summed E-state index contributed by atoms with van der Waals surface area (Å²) < 4.78 is 18.5. The monoisotopic (exact) mass is 292 g/mol. The highest BCUT2D eigenvalue weighted by molar-refractivity contribution is 6.45. The molecule has 1 aromatic heterocycles. The Morgan fingerprint density at radius 2 is 1.95 bits per heavy atom. The summed E-state index contributed by atoms with van der Waals surface area (Å²) in [6, 6.07) is 2.45. The Morgan fingerprint density at radius 3 is 2.52 bits per heavy atom. The topological polar surface area (TPSA) is 62.4 Å². The van der Waals surface area contributed by atoms with Gasteiger partial charge in [0.15, 0.2) is 0 Å². The van der Waals surface area contributed by atoms with Crippen LogP contribution >= 0.6 is 0 Å². The van der Waals surface area contributed by atoms with Gasteiger partial charge >= 0.3 is 0 Å². The van der Waals surface area contributed by atoms with Crippen molar-refractivity contribution in [1.29, 1.82) is 0 Å². The molecule has 0 aliphatic heterocycles. The number of aromatic amines is 1. The molecule has 2 rings (SSSR count). The lowest BCUT2D eigenvalue weighted by molar-refractivity contribution is -0.126. The molecule has 1 amide bonds. The number of hydrogen-bond donors (Lipinski definition) is 1. The first-order valence-corrected chi connectivity index (χ1v) is 6.71. The highest BCUT2D eigenvalue weighted by atomic mass is 19.1. The molecule has 6 heteroatoms. The van der Waals surface area contributed by atoms with Gasteiger partial charge in [0, 0.05) is 25.4 Å². The SMILES string of the molecule is CCN(CC)C(=O)C(=O)c1c[nH]c2cc(F)cc(OC)c12. The van der Waals surface area contributed by atoms with E-state index in [2.05, 4.69) is 4.98 Å². The van der Waals surface area contributed by atoms with Crippen LogP contribution in [0.3, 0.4) is 0 Å². The van der Waals surface area contributed by atoms with Crippen molar-refractivity contribution in [1.82, 2.24) is 9.88 Å². The van der Waals surface area contributed by atoms with Crippen molar-refractivity contribution in [2.75, 3.05) is 20.2 Å². The third kappa shape index (κ3) is 2.61. The van der Waals surface area contributed by atoms with Crippen molar-refractivity contribution in [3.63, 3.8) is 0 Å². The molecule has 112 valence electrons. The Balaban J connectivity index is 2.52. The van der Waals surface area contributed by atoms with Gasteiger partial charge in [0.05, 0.1) is 23.6 Å². The number of methoxy groups -OCH3 is 1. The van der Waals surface area contributed by atoms with Crippen molar-refractivity contribution < 1.29 is 18.7 Å². The van der Waals surface area contributed by atoms with Crippen LogP contribution in [0.2, 0.25) is 0 Å². The van der Waals surface area contributed by atoms with Crippen LogP contribution in [0, 0.1) is 5.82 Å². The Labute approximate surface area is 121 Å². The van der Waals surface area contributed by atoms with Crippen molar-refractivity contribution in [3.8, 4) is 5.75 Å². The first-order chi connectivity index (χ1) is 10.0. The van der Waals surface area contributed by atoms with Crippen LogP contribution in [0.1, 0.15) is 24.2 Å². The number of ketones is 1. The van der Waals surface area contributed by atoms with Crippen LogP contribution in [-0.4, -0.2) is 41.8 Å². The molecule has 0 saturated heterocycles. The number of H-pyrrole nitrogens is 1. The maximum Gasteiger partial charge on any atom is 0.295 e. The zero-order valence-corrected chi connectivity index (χ0v) is 12.2. The number of rotatable bonds is 5.